The Labute approximate surface area is 353 Å². The molecular formula is C49H93N3O5. The Hall–Kier alpha value is -2.19. The zero-order valence-corrected chi connectivity index (χ0v) is 38.1. The van der Waals surface area contributed by atoms with Gasteiger partial charge >= 0.3 is 11.9 Å². The number of carbonyl (C=O) groups is 3. The van der Waals surface area contributed by atoms with Gasteiger partial charge in [0, 0.05) is 39.1 Å². The number of hydrogen-bond donors (Lipinski definition) is 1. The minimum absolute atomic E-state index is 0.0583. The van der Waals surface area contributed by atoms with Gasteiger partial charge in [-0.3, -0.25) is 14.4 Å². The topological polar surface area (TPSA) is 88.2 Å². The molecule has 0 aliphatic carbocycles. The highest BCUT2D eigenvalue weighted by Gasteiger charge is 2.13. The first kappa shape index (κ1) is 54.8. The Morgan fingerprint density at radius 2 is 0.719 bits per heavy atom. The van der Waals surface area contributed by atoms with Gasteiger partial charge in [-0.05, 0) is 77.3 Å². The molecule has 0 rings (SSSR count). The fourth-order valence-corrected chi connectivity index (χ4v) is 7.24. The molecule has 0 aliphatic heterocycles. The highest BCUT2D eigenvalue weighted by Crippen LogP contribution is 2.13. The van der Waals surface area contributed by atoms with Gasteiger partial charge in [0.2, 0.25) is 5.91 Å². The molecule has 0 aliphatic rings. The molecule has 0 fully saturated rings. The van der Waals surface area contributed by atoms with Crippen LogP contribution in [0.1, 0.15) is 213 Å². The Kier molecular flexibility index (Phi) is 43.2. The second-order valence-electron chi connectivity index (χ2n) is 16.3. The fourth-order valence-electron chi connectivity index (χ4n) is 7.24. The summed E-state index contributed by atoms with van der Waals surface area (Å²) in [6.45, 7) is 9.46. The first-order chi connectivity index (χ1) is 28.0. The summed E-state index contributed by atoms with van der Waals surface area (Å²) < 4.78 is 9.56. The van der Waals surface area contributed by atoms with E-state index < -0.39 is 0 Å². The normalized spacial score (nSPS) is 11.8. The van der Waals surface area contributed by atoms with Gasteiger partial charge in [0.25, 0.3) is 0 Å². The van der Waals surface area contributed by atoms with E-state index in [1.165, 1.54) is 194 Å². The molecular weight excluding hydrogens is 711 g/mol. The predicted octanol–water partition coefficient (Wildman–Crippen LogP) is 12.3. The number of allylic oxidation sites excluding steroid dienone is 4. The molecule has 0 heterocycles. The van der Waals surface area contributed by atoms with E-state index in [9.17, 15) is 14.4 Å². The fraction of sp³-hybridized carbons (Fsp3) is 0.857. The molecule has 0 bridgehead atoms. The van der Waals surface area contributed by atoms with Crippen LogP contribution in [0, 0.1) is 0 Å². The minimum atomic E-state index is -0.286. The van der Waals surface area contributed by atoms with Crippen molar-refractivity contribution in [1.82, 2.24) is 15.1 Å². The van der Waals surface area contributed by atoms with Crippen molar-refractivity contribution in [3.05, 3.63) is 24.3 Å². The molecule has 0 spiro atoms. The molecule has 0 atom stereocenters. The van der Waals surface area contributed by atoms with Crippen molar-refractivity contribution in [3.63, 3.8) is 0 Å². The highest BCUT2D eigenvalue weighted by molar-refractivity contribution is 5.76. The number of carbonyl (C=O) groups excluding carboxylic acids is 3. The van der Waals surface area contributed by atoms with E-state index in [-0.39, 0.29) is 30.7 Å². The van der Waals surface area contributed by atoms with Gasteiger partial charge in [0.15, 0.2) is 0 Å². The summed E-state index contributed by atoms with van der Waals surface area (Å²) in [4.78, 5) is 40.8. The lowest BCUT2D eigenvalue weighted by Gasteiger charge is -2.23. The van der Waals surface area contributed by atoms with Crippen LogP contribution < -0.4 is 5.32 Å². The van der Waals surface area contributed by atoms with E-state index in [2.05, 4.69) is 48.4 Å². The maximum Gasteiger partial charge on any atom is 0.306 e. The van der Waals surface area contributed by atoms with E-state index in [4.69, 9.17) is 9.47 Å². The third kappa shape index (κ3) is 41.8. The first-order valence-corrected chi connectivity index (χ1v) is 24.1. The standard InChI is InChI=1S/C49H93N3O5/c1-5-7-9-11-13-15-17-19-21-23-25-27-29-31-33-35-41-51(42-36-34-32-30-28-26-24-22-20-18-16-14-12-10-8-6-2)43-37-47(53)50-40-46-52(44-38-48(54)56-3)45-39-49(55)57-4/h19-22H,5-18,23-46H2,1-4H3,(H,50,53)/b21-19-,22-20-. The predicted molar refractivity (Wildman–Crippen MR) is 243 cm³/mol. The monoisotopic (exact) mass is 804 g/mol. The summed E-state index contributed by atoms with van der Waals surface area (Å²) in [5.41, 5.74) is 0. The van der Waals surface area contributed by atoms with Crippen LogP contribution in [0.15, 0.2) is 24.3 Å². The van der Waals surface area contributed by atoms with Gasteiger partial charge in [0.1, 0.15) is 0 Å². The van der Waals surface area contributed by atoms with E-state index in [1.807, 2.05) is 4.90 Å². The largest absolute Gasteiger partial charge is 0.469 e. The lowest BCUT2D eigenvalue weighted by molar-refractivity contribution is -0.141. The Morgan fingerprint density at radius 3 is 1.09 bits per heavy atom. The minimum Gasteiger partial charge on any atom is -0.469 e. The van der Waals surface area contributed by atoms with Crippen molar-refractivity contribution in [1.29, 1.82) is 0 Å². The average Bonchev–Trinajstić information content (AvgIpc) is 3.22. The Bertz CT molecular complexity index is 893. The van der Waals surface area contributed by atoms with Crippen LogP contribution in [0.2, 0.25) is 0 Å². The molecule has 8 nitrogen and oxygen atoms in total. The second-order valence-corrected chi connectivity index (χ2v) is 16.3. The number of nitrogens with one attached hydrogen (secondary N) is 1. The Balaban J connectivity index is 4.48. The Morgan fingerprint density at radius 1 is 0.404 bits per heavy atom. The van der Waals surface area contributed by atoms with Crippen LogP contribution in [0.4, 0.5) is 0 Å². The van der Waals surface area contributed by atoms with Crippen LogP contribution in [0.25, 0.3) is 0 Å². The zero-order chi connectivity index (χ0) is 41.7. The molecule has 0 aromatic rings. The SMILES string of the molecule is CCCCCCCC/C=C\CCCCCCCCN(CCCCCCCC/C=C\CCCCCCCC)CCC(=O)NCCN(CCC(=O)OC)CCC(=O)OC. The van der Waals surface area contributed by atoms with Gasteiger partial charge in [-0.25, -0.2) is 0 Å². The summed E-state index contributed by atoms with van der Waals surface area (Å²) in [6.07, 6.45) is 47.4. The molecule has 1 N–H and O–H groups in total. The number of unbranched alkanes of at least 4 members (excludes halogenated alkanes) is 24. The van der Waals surface area contributed by atoms with Crippen molar-refractivity contribution in [2.24, 2.45) is 0 Å². The van der Waals surface area contributed by atoms with Crippen LogP contribution in [0.3, 0.4) is 0 Å². The summed E-state index contributed by atoms with van der Waals surface area (Å²) in [7, 11) is 2.75. The molecule has 0 saturated carbocycles. The van der Waals surface area contributed by atoms with Crippen molar-refractivity contribution in [2.45, 2.75) is 213 Å². The summed E-state index contributed by atoms with van der Waals surface area (Å²) in [5, 5.41) is 3.07. The third-order valence-corrected chi connectivity index (χ3v) is 11.1. The molecule has 334 valence electrons. The summed E-state index contributed by atoms with van der Waals surface area (Å²) >= 11 is 0. The third-order valence-electron chi connectivity index (χ3n) is 11.1. The number of esters is 2. The zero-order valence-electron chi connectivity index (χ0n) is 38.1. The lowest BCUT2D eigenvalue weighted by atomic mass is 10.1. The second kappa shape index (κ2) is 44.9. The van der Waals surface area contributed by atoms with Gasteiger partial charge in [-0.15, -0.1) is 0 Å². The number of nitrogens with zero attached hydrogens (tertiary/aromatic N) is 2. The quantitative estimate of drug-likeness (QED) is 0.0373. The highest BCUT2D eigenvalue weighted by atomic mass is 16.5. The van der Waals surface area contributed by atoms with Gasteiger partial charge in [-0.2, -0.15) is 0 Å². The van der Waals surface area contributed by atoms with Crippen molar-refractivity contribution in [2.75, 3.05) is 60.0 Å². The summed E-state index contributed by atoms with van der Waals surface area (Å²) in [6, 6.07) is 0. The molecule has 0 unspecified atom stereocenters. The maximum atomic E-state index is 12.9. The van der Waals surface area contributed by atoms with Gasteiger partial charge in [0.05, 0.1) is 27.1 Å². The molecule has 0 saturated heterocycles. The van der Waals surface area contributed by atoms with Crippen molar-refractivity contribution < 1.29 is 23.9 Å². The van der Waals surface area contributed by atoms with Gasteiger partial charge in [-0.1, -0.05) is 154 Å². The van der Waals surface area contributed by atoms with E-state index in [0.29, 0.717) is 32.6 Å². The molecule has 0 aromatic carbocycles. The molecule has 1 amide bonds. The molecule has 0 radical (unpaired) electrons. The lowest BCUT2D eigenvalue weighted by Crippen LogP contribution is -2.38. The first-order valence-electron chi connectivity index (χ1n) is 24.1. The van der Waals surface area contributed by atoms with Crippen LogP contribution in [-0.4, -0.2) is 87.7 Å². The molecule has 0 aromatic heterocycles. The van der Waals surface area contributed by atoms with Crippen molar-refractivity contribution in [3.8, 4) is 0 Å². The van der Waals surface area contributed by atoms with Crippen molar-refractivity contribution >= 4 is 17.8 Å². The smallest absolute Gasteiger partial charge is 0.306 e. The van der Waals surface area contributed by atoms with Gasteiger partial charge < -0.3 is 24.6 Å². The van der Waals surface area contributed by atoms with Crippen LogP contribution in [-0.2, 0) is 23.9 Å². The van der Waals surface area contributed by atoms with E-state index in [0.717, 1.165) is 19.6 Å². The number of methoxy groups -OCH3 is 2. The van der Waals surface area contributed by atoms with E-state index in [1.54, 1.807) is 0 Å². The molecule has 8 heteroatoms. The molecule has 57 heavy (non-hydrogen) atoms. The van der Waals surface area contributed by atoms with Crippen LogP contribution >= 0.6 is 0 Å². The van der Waals surface area contributed by atoms with E-state index >= 15 is 0 Å². The summed E-state index contributed by atoms with van der Waals surface area (Å²) in [5.74, 6) is -0.514. The number of rotatable bonds is 44. The number of amides is 1. The average molecular weight is 804 g/mol. The number of hydrogen-bond acceptors (Lipinski definition) is 7. The van der Waals surface area contributed by atoms with Crippen LogP contribution in [0.5, 0.6) is 0 Å². The number of ether oxygens (including phenoxy) is 2. The maximum absolute atomic E-state index is 12.9.